The lowest BCUT2D eigenvalue weighted by atomic mass is 9.92. The van der Waals surface area contributed by atoms with E-state index in [1.807, 2.05) is 6.92 Å². The SMILES string of the molecule is COC(=O)C1(C)CC(C2CC2)CN1. The Bertz CT molecular complexity index is 225. The molecule has 2 fully saturated rings. The molecule has 1 saturated carbocycles. The lowest BCUT2D eigenvalue weighted by Crippen LogP contribution is -2.45. The average molecular weight is 183 g/mol. The molecule has 0 spiro atoms. The Kier molecular flexibility index (Phi) is 2.06. The van der Waals surface area contributed by atoms with Crippen molar-refractivity contribution in [3.63, 3.8) is 0 Å². The molecule has 2 rings (SSSR count). The minimum Gasteiger partial charge on any atom is -0.468 e. The maximum Gasteiger partial charge on any atom is 0.325 e. The van der Waals surface area contributed by atoms with Crippen molar-refractivity contribution in [3.05, 3.63) is 0 Å². The summed E-state index contributed by atoms with van der Waals surface area (Å²) in [6, 6.07) is 0. The summed E-state index contributed by atoms with van der Waals surface area (Å²) in [7, 11) is 1.46. The summed E-state index contributed by atoms with van der Waals surface area (Å²) in [5.41, 5.74) is -0.415. The molecule has 2 aliphatic rings. The second-order valence-corrected chi connectivity index (χ2v) is 4.51. The highest BCUT2D eigenvalue weighted by atomic mass is 16.5. The molecule has 3 nitrogen and oxygen atoms in total. The van der Waals surface area contributed by atoms with Crippen LogP contribution in [0.3, 0.4) is 0 Å². The standard InChI is InChI=1S/C10H17NO2/c1-10(9(12)13-2)5-8(6-11-10)7-3-4-7/h7-8,11H,3-6H2,1-2H3. The van der Waals surface area contributed by atoms with E-state index in [0.29, 0.717) is 5.92 Å². The van der Waals surface area contributed by atoms with Gasteiger partial charge < -0.3 is 10.1 Å². The van der Waals surface area contributed by atoms with Gasteiger partial charge in [0.25, 0.3) is 0 Å². The van der Waals surface area contributed by atoms with Crippen molar-refractivity contribution in [2.45, 2.75) is 31.7 Å². The van der Waals surface area contributed by atoms with Crippen LogP contribution in [-0.2, 0) is 9.53 Å². The van der Waals surface area contributed by atoms with Gasteiger partial charge in [-0.05, 0) is 44.6 Å². The van der Waals surface area contributed by atoms with E-state index in [1.54, 1.807) is 0 Å². The third-order valence-corrected chi connectivity index (χ3v) is 3.35. The summed E-state index contributed by atoms with van der Waals surface area (Å²) < 4.78 is 4.78. The first-order chi connectivity index (χ1) is 6.15. The van der Waals surface area contributed by atoms with Gasteiger partial charge in [-0.15, -0.1) is 0 Å². The van der Waals surface area contributed by atoms with E-state index in [1.165, 1.54) is 20.0 Å². The Morgan fingerprint density at radius 3 is 2.69 bits per heavy atom. The molecule has 2 unspecified atom stereocenters. The zero-order valence-corrected chi connectivity index (χ0v) is 8.30. The molecule has 2 atom stereocenters. The minimum absolute atomic E-state index is 0.115. The van der Waals surface area contributed by atoms with Crippen molar-refractivity contribution in [2.24, 2.45) is 11.8 Å². The molecule has 1 N–H and O–H groups in total. The minimum atomic E-state index is -0.415. The van der Waals surface area contributed by atoms with E-state index in [9.17, 15) is 4.79 Å². The molecule has 0 aromatic rings. The Morgan fingerprint density at radius 2 is 2.15 bits per heavy atom. The number of carbonyl (C=O) groups excluding carboxylic acids is 1. The Morgan fingerprint density at radius 1 is 1.46 bits per heavy atom. The first-order valence-electron chi connectivity index (χ1n) is 4.99. The third kappa shape index (κ3) is 1.57. The van der Waals surface area contributed by atoms with E-state index >= 15 is 0 Å². The van der Waals surface area contributed by atoms with Gasteiger partial charge in [-0.3, -0.25) is 4.79 Å². The van der Waals surface area contributed by atoms with Gasteiger partial charge in [-0.1, -0.05) is 0 Å². The highest BCUT2D eigenvalue weighted by molar-refractivity contribution is 5.80. The maximum absolute atomic E-state index is 11.4. The Labute approximate surface area is 78.8 Å². The van der Waals surface area contributed by atoms with Crippen LogP contribution in [0.4, 0.5) is 0 Å². The Hall–Kier alpha value is -0.570. The predicted octanol–water partition coefficient (Wildman–Crippen LogP) is 0.938. The second kappa shape index (κ2) is 2.98. The summed E-state index contributed by atoms with van der Waals surface area (Å²) in [5.74, 6) is 1.46. The fraction of sp³-hybridized carbons (Fsp3) is 0.900. The molecule has 0 aromatic heterocycles. The molecule has 0 amide bonds. The first-order valence-corrected chi connectivity index (χ1v) is 4.99. The molecular formula is C10H17NO2. The molecule has 1 aliphatic heterocycles. The largest absolute Gasteiger partial charge is 0.468 e. The van der Waals surface area contributed by atoms with Crippen LogP contribution < -0.4 is 5.32 Å². The number of methoxy groups -OCH3 is 1. The molecule has 0 radical (unpaired) electrons. The zero-order chi connectivity index (χ0) is 9.47. The van der Waals surface area contributed by atoms with Gasteiger partial charge in [0, 0.05) is 0 Å². The van der Waals surface area contributed by atoms with Gasteiger partial charge in [-0.2, -0.15) is 0 Å². The van der Waals surface area contributed by atoms with Gasteiger partial charge in [-0.25, -0.2) is 0 Å². The first kappa shape index (κ1) is 9.00. The number of ether oxygens (including phenoxy) is 1. The van der Waals surface area contributed by atoms with Crippen molar-refractivity contribution >= 4 is 5.97 Å². The number of nitrogens with one attached hydrogen (secondary N) is 1. The molecule has 13 heavy (non-hydrogen) atoms. The van der Waals surface area contributed by atoms with Crippen LogP contribution in [0.25, 0.3) is 0 Å². The van der Waals surface area contributed by atoms with Crippen LogP contribution in [0.1, 0.15) is 26.2 Å². The van der Waals surface area contributed by atoms with Crippen molar-refractivity contribution < 1.29 is 9.53 Å². The fourth-order valence-corrected chi connectivity index (χ4v) is 2.31. The molecule has 3 heteroatoms. The van der Waals surface area contributed by atoms with Crippen LogP contribution in [0.5, 0.6) is 0 Å². The van der Waals surface area contributed by atoms with E-state index in [4.69, 9.17) is 4.74 Å². The summed E-state index contributed by atoms with van der Waals surface area (Å²) >= 11 is 0. The van der Waals surface area contributed by atoms with E-state index in [0.717, 1.165) is 18.9 Å². The van der Waals surface area contributed by atoms with Crippen LogP contribution in [0.2, 0.25) is 0 Å². The van der Waals surface area contributed by atoms with Crippen LogP contribution >= 0.6 is 0 Å². The number of esters is 1. The molecule has 0 aromatic carbocycles. The predicted molar refractivity (Wildman–Crippen MR) is 49.3 cm³/mol. The monoisotopic (exact) mass is 183 g/mol. The van der Waals surface area contributed by atoms with Gasteiger partial charge in [0.1, 0.15) is 5.54 Å². The normalized spacial score (nSPS) is 39.1. The molecule has 1 heterocycles. The van der Waals surface area contributed by atoms with Crippen molar-refractivity contribution in [1.29, 1.82) is 0 Å². The zero-order valence-electron chi connectivity index (χ0n) is 8.30. The van der Waals surface area contributed by atoms with Crippen LogP contribution in [0.15, 0.2) is 0 Å². The molecule has 1 saturated heterocycles. The highest BCUT2D eigenvalue weighted by Crippen LogP contribution is 2.43. The molecule has 0 bridgehead atoms. The van der Waals surface area contributed by atoms with Gasteiger partial charge in [0.2, 0.25) is 0 Å². The van der Waals surface area contributed by atoms with Crippen LogP contribution in [0, 0.1) is 11.8 Å². The van der Waals surface area contributed by atoms with Crippen LogP contribution in [-0.4, -0.2) is 25.2 Å². The van der Waals surface area contributed by atoms with Gasteiger partial charge in [0.15, 0.2) is 0 Å². The lowest BCUT2D eigenvalue weighted by molar-refractivity contribution is -0.147. The average Bonchev–Trinajstić information content (AvgIpc) is 2.90. The second-order valence-electron chi connectivity index (χ2n) is 4.51. The summed E-state index contributed by atoms with van der Waals surface area (Å²) in [5, 5.41) is 3.28. The fourth-order valence-electron chi connectivity index (χ4n) is 2.31. The number of hydrogen-bond acceptors (Lipinski definition) is 3. The summed E-state index contributed by atoms with van der Waals surface area (Å²) in [6.07, 6.45) is 3.65. The quantitative estimate of drug-likeness (QED) is 0.647. The van der Waals surface area contributed by atoms with Gasteiger partial charge in [0.05, 0.1) is 7.11 Å². The smallest absolute Gasteiger partial charge is 0.325 e. The number of hydrogen-bond donors (Lipinski definition) is 1. The summed E-state index contributed by atoms with van der Waals surface area (Å²) in [6.45, 7) is 2.93. The number of carbonyl (C=O) groups is 1. The van der Waals surface area contributed by atoms with Crippen molar-refractivity contribution in [2.75, 3.05) is 13.7 Å². The van der Waals surface area contributed by atoms with E-state index in [2.05, 4.69) is 5.32 Å². The third-order valence-electron chi connectivity index (χ3n) is 3.35. The van der Waals surface area contributed by atoms with Crippen molar-refractivity contribution in [1.82, 2.24) is 5.32 Å². The topological polar surface area (TPSA) is 38.3 Å². The maximum atomic E-state index is 11.4. The van der Waals surface area contributed by atoms with Crippen molar-refractivity contribution in [3.8, 4) is 0 Å². The Balaban J connectivity index is 1.98. The van der Waals surface area contributed by atoms with E-state index < -0.39 is 5.54 Å². The molecule has 74 valence electrons. The lowest BCUT2D eigenvalue weighted by Gasteiger charge is -2.20. The number of rotatable bonds is 2. The highest BCUT2D eigenvalue weighted by Gasteiger charge is 2.46. The van der Waals surface area contributed by atoms with Gasteiger partial charge >= 0.3 is 5.97 Å². The van der Waals surface area contributed by atoms with E-state index in [-0.39, 0.29) is 5.97 Å². The molecule has 1 aliphatic carbocycles. The summed E-state index contributed by atoms with van der Waals surface area (Å²) in [4.78, 5) is 11.4. The molecular weight excluding hydrogens is 166 g/mol.